The molecule has 0 spiro atoms. The first-order valence-corrected chi connectivity index (χ1v) is 8.67. The number of amides is 1. The molecular weight excluding hydrogens is 342 g/mol. The van der Waals surface area contributed by atoms with Crippen molar-refractivity contribution in [3.05, 3.63) is 82.6 Å². The van der Waals surface area contributed by atoms with Crippen LogP contribution in [0.15, 0.2) is 71.4 Å². The summed E-state index contributed by atoms with van der Waals surface area (Å²) in [6.45, 7) is 2.23. The van der Waals surface area contributed by atoms with Gasteiger partial charge in [0.1, 0.15) is 5.75 Å². The molecule has 0 aliphatic carbocycles. The largest absolute Gasteiger partial charge is 0.508 e. The van der Waals surface area contributed by atoms with Gasteiger partial charge in [-0.3, -0.25) is 4.79 Å². The number of phenols is 1. The topological polar surface area (TPSA) is 66.8 Å². The Morgan fingerprint density at radius 2 is 1.78 bits per heavy atom. The van der Waals surface area contributed by atoms with Gasteiger partial charge in [0.2, 0.25) is 0 Å². The van der Waals surface area contributed by atoms with Crippen molar-refractivity contribution in [3.63, 3.8) is 0 Å². The average Bonchev–Trinajstić information content (AvgIpc) is 2.92. The van der Waals surface area contributed by atoms with Crippen LogP contribution < -0.4 is 0 Å². The molecule has 1 N–H and O–H groups in total. The number of hydrogen-bond donors (Lipinski definition) is 1. The lowest BCUT2D eigenvalue weighted by molar-refractivity contribution is -0.136. The second-order valence-electron chi connectivity index (χ2n) is 6.29. The zero-order chi connectivity index (χ0) is 19.4. The zero-order valence-electron chi connectivity index (χ0n) is 15.3. The van der Waals surface area contributed by atoms with E-state index in [-0.39, 0.29) is 17.2 Å². The molecule has 0 atom stereocenters. The fraction of sp³-hybridized carbons (Fsp3) is 0.182. The van der Waals surface area contributed by atoms with Gasteiger partial charge in [0, 0.05) is 12.2 Å². The second-order valence-corrected chi connectivity index (χ2v) is 6.29. The number of phenolic OH excluding ortho intramolecular Hbond substituents is 1. The van der Waals surface area contributed by atoms with Gasteiger partial charge in [-0.2, -0.15) is 0 Å². The Hall–Kier alpha value is -3.34. The highest BCUT2D eigenvalue weighted by Crippen LogP contribution is 2.32. The molecule has 1 aliphatic rings. The predicted octanol–water partition coefficient (Wildman–Crippen LogP) is 3.31. The Bertz CT molecular complexity index is 911. The summed E-state index contributed by atoms with van der Waals surface area (Å²) in [5.74, 6) is -0.621. The van der Waals surface area contributed by atoms with Gasteiger partial charge in [0.05, 0.1) is 18.3 Å². The van der Waals surface area contributed by atoms with Gasteiger partial charge >= 0.3 is 5.97 Å². The summed E-state index contributed by atoms with van der Waals surface area (Å²) in [5.41, 5.74) is 3.01. The SMILES string of the molecule is COC(=O)C1=C(C)N(CCc2ccccc2)C(=O)/C1=C\c1ccc(O)cc1. The molecule has 0 fully saturated rings. The van der Waals surface area contributed by atoms with Crippen molar-refractivity contribution in [3.8, 4) is 5.75 Å². The summed E-state index contributed by atoms with van der Waals surface area (Å²) in [5, 5.41) is 9.43. The number of methoxy groups -OCH3 is 1. The molecule has 1 aliphatic heterocycles. The van der Waals surface area contributed by atoms with E-state index in [9.17, 15) is 14.7 Å². The maximum absolute atomic E-state index is 13.0. The fourth-order valence-electron chi connectivity index (χ4n) is 3.12. The van der Waals surface area contributed by atoms with Crippen LogP contribution in [0.2, 0.25) is 0 Å². The van der Waals surface area contributed by atoms with Gasteiger partial charge in [-0.25, -0.2) is 4.79 Å². The lowest BCUT2D eigenvalue weighted by atomic mass is 10.0. The Morgan fingerprint density at radius 3 is 2.41 bits per heavy atom. The summed E-state index contributed by atoms with van der Waals surface area (Å²) < 4.78 is 4.89. The zero-order valence-corrected chi connectivity index (χ0v) is 15.3. The number of benzene rings is 2. The second kappa shape index (κ2) is 7.91. The van der Waals surface area contributed by atoms with Crippen LogP contribution in [0.3, 0.4) is 0 Å². The number of rotatable bonds is 5. The molecule has 1 amide bonds. The molecule has 0 radical (unpaired) electrons. The van der Waals surface area contributed by atoms with E-state index in [0.29, 0.717) is 24.2 Å². The van der Waals surface area contributed by atoms with E-state index in [1.165, 1.54) is 19.2 Å². The number of allylic oxidation sites excluding steroid dienone is 1. The van der Waals surface area contributed by atoms with Crippen LogP contribution in [-0.2, 0) is 20.7 Å². The molecule has 0 unspecified atom stereocenters. The normalized spacial score (nSPS) is 15.6. The Balaban J connectivity index is 1.92. The molecule has 2 aromatic carbocycles. The third-order valence-corrected chi connectivity index (χ3v) is 4.57. The highest BCUT2D eigenvalue weighted by atomic mass is 16.5. The lowest BCUT2D eigenvalue weighted by Gasteiger charge is -2.17. The Labute approximate surface area is 158 Å². The molecule has 138 valence electrons. The molecule has 5 nitrogen and oxygen atoms in total. The number of hydrogen-bond acceptors (Lipinski definition) is 4. The number of ether oxygens (including phenoxy) is 1. The van der Waals surface area contributed by atoms with E-state index in [4.69, 9.17) is 4.74 Å². The smallest absolute Gasteiger partial charge is 0.340 e. The molecular formula is C22H21NO4. The molecule has 0 saturated heterocycles. The maximum atomic E-state index is 13.0. The summed E-state index contributed by atoms with van der Waals surface area (Å²) in [6, 6.07) is 16.3. The monoisotopic (exact) mass is 363 g/mol. The van der Waals surface area contributed by atoms with Crippen molar-refractivity contribution >= 4 is 18.0 Å². The predicted molar refractivity (Wildman–Crippen MR) is 103 cm³/mol. The van der Waals surface area contributed by atoms with Crippen molar-refractivity contribution in [2.45, 2.75) is 13.3 Å². The maximum Gasteiger partial charge on any atom is 0.340 e. The first kappa shape index (κ1) is 18.5. The molecule has 0 aromatic heterocycles. The number of esters is 1. The number of aromatic hydroxyl groups is 1. The van der Waals surface area contributed by atoms with Crippen molar-refractivity contribution in [1.29, 1.82) is 0 Å². The molecule has 1 heterocycles. The van der Waals surface area contributed by atoms with Crippen LogP contribution in [0.4, 0.5) is 0 Å². The minimum atomic E-state index is -0.534. The van der Waals surface area contributed by atoms with Crippen LogP contribution in [0, 0.1) is 0 Å². The van der Waals surface area contributed by atoms with E-state index in [1.54, 1.807) is 30.0 Å². The summed E-state index contributed by atoms with van der Waals surface area (Å²) >= 11 is 0. The third kappa shape index (κ3) is 3.92. The van der Waals surface area contributed by atoms with Crippen molar-refractivity contribution in [2.24, 2.45) is 0 Å². The van der Waals surface area contributed by atoms with Gasteiger partial charge in [-0.05, 0) is 42.7 Å². The van der Waals surface area contributed by atoms with Crippen LogP contribution in [-0.4, -0.2) is 35.5 Å². The fourth-order valence-corrected chi connectivity index (χ4v) is 3.12. The first-order valence-electron chi connectivity index (χ1n) is 8.67. The van der Waals surface area contributed by atoms with Gasteiger partial charge in [0.15, 0.2) is 0 Å². The van der Waals surface area contributed by atoms with Crippen molar-refractivity contribution in [1.82, 2.24) is 4.90 Å². The molecule has 27 heavy (non-hydrogen) atoms. The molecule has 2 aromatic rings. The number of carbonyl (C=O) groups is 2. The van der Waals surface area contributed by atoms with Crippen LogP contribution in [0.1, 0.15) is 18.1 Å². The van der Waals surface area contributed by atoms with Gasteiger partial charge in [-0.1, -0.05) is 42.5 Å². The summed E-state index contributed by atoms with van der Waals surface area (Å²) in [6.07, 6.45) is 2.34. The number of nitrogens with zero attached hydrogens (tertiary/aromatic N) is 1. The van der Waals surface area contributed by atoms with E-state index in [2.05, 4.69) is 0 Å². The van der Waals surface area contributed by atoms with E-state index in [1.807, 2.05) is 30.3 Å². The average molecular weight is 363 g/mol. The highest BCUT2D eigenvalue weighted by molar-refractivity contribution is 6.16. The van der Waals surface area contributed by atoms with Crippen LogP contribution in [0.25, 0.3) is 6.08 Å². The van der Waals surface area contributed by atoms with E-state index in [0.717, 1.165) is 11.1 Å². The minimum absolute atomic E-state index is 0.138. The molecule has 5 heteroatoms. The quantitative estimate of drug-likeness (QED) is 0.654. The molecule has 3 rings (SSSR count). The van der Waals surface area contributed by atoms with Crippen molar-refractivity contribution in [2.75, 3.05) is 13.7 Å². The van der Waals surface area contributed by atoms with Crippen LogP contribution >= 0.6 is 0 Å². The van der Waals surface area contributed by atoms with Gasteiger partial charge in [-0.15, -0.1) is 0 Å². The lowest BCUT2D eigenvalue weighted by Crippen LogP contribution is -2.27. The molecule has 0 saturated carbocycles. The Morgan fingerprint density at radius 1 is 1.11 bits per heavy atom. The first-order chi connectivity index (χ1) is 13.0. The standard InChI is InChI=1S/C22H21NO4/c1-15-20(22(26)27-2)19(14-17-8-10-18(24)11-9-17)21(25)23(15)13-12-16-6-4-3-5-7-16/h3-11,14,24H,12-13H2,1-2H3/b19-14-. The third-order valence-electron chi connectivity index (χ3n) is 4.57. The minimum Gasteiger partial charge on any atom is -0.508 e. The van der Waals surface area contributed by atoms with Crippen molar-refractivity contribution < 1.29 is 19.4 Å². The van der Waals surface area contributed by atoms with Crippen LogP contribution in [0.5, 0.6) is 5.75 Å². The number of carbonyl (C=O) groups excluding carboxylic acids is 2. The van der Waals surface area contributed by atoms with Gasteiger partial charge < -0.3 is 14.7 Å². The van der Waals surface area contributed by atoms with Gasteiger partial charge in [0.25, 0.3) is 5.91 Å². The van der Waals surface area contributed by atoms with E-state index >= 15 is 0 Å². The highest BCUT2D eigenvalue weighted by Gasteiger charge is 2.36. The van der Waals surface area contributed by atoms with E-state index < -0.39 is 5.97 Å². The summed E-state index contributed by atoms with van der Waals surface area (Å²) in [4.78, 5) is 26.9. The molecule has 0 bridgehead atoms. The summed E-state index contributed by atoms with van der Waals surface area (Å²) in [7, 11) is 1.30. The Kier molecular flexibility index (Phi) is 5.41.